The number of aryl methyl sites for hydroxylation is 2. The van der Waals surface area contributed by atoms with Crippen molar-refractivity contribution < 1.29 is 14.3 Å². The van der Waals surface area contributed by atoms with Gasteiger partial charge in [-0.3, -0.25) is 14.5 Å². The smallest absolute Gasteiger partial charge is 0.242 e. The molecule has 1 aromatic carbocycles. The maximum atomic E-state index is 12.6. The van der Waals surface area contributed by atoms with E-state index in [-0.39, 0.29) is 24.3 Å². The van der Waals surface area contributed by atoms with E-state index in [9.17, 15) is 9.59 Å². The van der Waals surface area contributed by atoms with Crippen LogP contribution in [0.5, 0.6) is 0 Å². The molecule has 1 aromatic rings. The van der Waals surface area contributed by atoms with E-state index in [2.05, 4.69) is 5.32 Å². The Balaban J connectivity index is 1.56. The van der Waals surface area contributed by atoms with Gasteiger partial charge in [0.15, 0.2) is 0 Å². The third kappa shape index (κ3) is 4.40. The minimum Gasteiger partial charge on any atom is -0.376 e. The average Bonchev–Trinajstić information content (AvgIpc) is 3.15. The van der Waals surface area contributed by atoms with Crippen LogP contribution in [-0.2, 0) is 14.3 Å². The maximum Gasteiger partial charge on any atom is 0.242 e. The fourth-order valence-corrected chi connectivity index (χ4v) is 4.50. The molecule has 0 bridgehead atoms. The minimum absolute atomic E-state index is 0.0608. The van der Waals surface area contributed by atoms with E-state index in [1.54, 1.807) is 4.90 Å². The van der Waals surface area contributed by atoms with Gasteiger partial charge in [-0.2, -0.15) is 0 Å². The van der Waals surface area contributed by atoms with E-state index in [0.717, 1.165) is 30.7 Å². The molecule has 2 aliphatic heterocycles. The molecule has 0 aliphatic carbocycles. The molecule has 0 aromatic heterocycles. The van der Waals surface area contributed by atoms with Crippen molar-refractivity contribution in [3.8, 4) is 0 Å². The molecule has 3 rings (SSSR count). The number of benzene rings is 1. The molecule has 2 atom stereocenters. The largest absolute Gasteiger partial charge is 0.376 e. The molecule has 2 heterocycles. The number of nitrogens with zero attached hydrogens (tertiary/aromatic N) is 1. The van der Waals surface area contributed by atoms with Gasteiger partial charge in [0.2, 0.25) is 11.8 Å². The van der Waals surface area contributed by atoms with Gasteiger partial charge < -0.3 is 10.1 Å². The Morgan fingerprint density at radius 2 is 2.20 bits per heavy atom. The summed E-state index contributed by atoms with van der Waals surface area (Å²) in [6.45, 7) is 5.27. The standard InChI is InChI=1S/C18H22N2O3S2/c1-11-5-6-13(8-12(11)2)19-16(21)9-15-17(22)20(18(24)25-15)10-14-4-3-7-23-14/h5-6,8,14-15H,3-4,7,9-10H2,1-2H3,(H,19,21). The van der Waals surface area contributed by atoms with Crippen LogP contribution < -0.4 is 5.32 Å². The predicted molar refractivity (Wildman–Crippen MR) is 104 cm³/mol. The summed E-state index contributed by atoms with van der Waals surface area (Å²) in [6.07, 6.45) is 2.16. The average molecular weight is 379 g/mol. The summed E-state index contributed by atoms with van der Waals surface area (Å²) < 4.78 is 6.13. The molecular formula is C18H22N2O3S2. The van der Waals surface area contributed by atoms with E-state index < -0.39 is 5.25 Å². The lowest BCUT2D eigenvalue weighted by Crippen LogP contribution is -2.38. The van der Waals surface area contributed by atoms with Gasteiger partial charge in [-0.1, -0.05) is 30.0 Å². The van der Waals surface area contributed by atoms with Crippen LogP contribution in [0.4, 0.5) is 5.69 Å². The van der Waals surface area contributed by atoms with Crippen molar-refractivity contribution in [2.75, 3.05) is 18.5 Å². The zero-order chi connectivity index (χ0) is 18.0. The van der Waals surface area contributed by atoms with Gasteiger partial charge in [0.1, 0.15) is 4.32 Å². The second-order valence-corrected chi connectivity index (χ2v) is 8.34. The van der Waals surface area contributed by atoms with Crippen LogP contribution in [0.25, 0.3) is 0 Å². The zero-order valence-electron chi connectivity index (χ0n) is 14.4. The number of hydrogen-bond acceptors (Lipinski definition) is 5. The fourth-order valence-electron chi connectivity index (χ4n) is 2.98. The predicted octanol–water partition coefficient (Wildman–Crippen LogP) is 3.04. The van der Waals surface area contributed by atoms with Crippen molar-refractivity contribution in [2.45, 2.75) is 44.5 Å². The highest BCUT2D eigenvalue weighted by Gasteiger charge is 2.39. The number of rotatable bonds is 5. The topological polar surface area (TPSA) is 58.6 Å². The molecule has 0 spiro atoms. The first-order valence-corrected chi connectivity index (χ1v) is 9.73. The van der Waals surface area contributed by atoms with Gasteiger partial charge in [-0.25, -0.2) is 0 Å². The Morgan fingerprint density at radius 1 is 1.40 bits per heavy atom. The summed E-state index contributed by atoms with van der Waals surface area (Å²) in [5.41, 5.74) is 3.05. The Morgan fingerprint density at radius 3 is 2.88 bits per heavy atom. The number of hydrogen-bond donors (Lipinski definition) is 1. The van der Waals surface area contributed by atoms with Crippen LogP contribution in [0.3, 0.4) is 0 Å². The van der Waals surface area contributed by atoms with Gasteiger partial charge in [-0.05, 0) is 49.9 Å². The van der Waals surface area contributed by atoms with Gasteiger partial charge in [0.25, 0.3) is 0 Å². The molecule has 0 radical (unpaired) electrons. The van der Waals surface area contributed by atoms with Crippen molar-refractivity contribution >= 4 is 45.8 Å². The SMILES string of the molecule is Cc1ccc(NC(=O)CC2SC(=S)N(CC3CCCO3)C2=O)cc1C. The first kappa shape index (κ1) is 18.4. The molecule has 2 aliphatic rings. The van der Waals surface area contributed by atoms with Crippen LogP contribution in [-0.4, -0.2) is 45.5 Å². The molecule has 25 heavy (non-hydrogen) atoms. The Labute approximate surface area is 157 Å². The third-order valence-electron chi connectivity index (χ3n) is 4.58. The highest BCUT2D eigenvalue weighted by molar-refractivity contribution is 8.24. The summed E-state index contributed by atoms with van der Waals surface area (Å²) in [7, 11) is 0. The molecule has 2 unspecified atom stereocenters. The highest BCUT2D eigenvalue weighted by Crippen LogP contribution is 2.31. The van der Waals surface area contributed by atoms with Crippen LogP contribution in [0.2, 0.25) is 0 Å². The Bertz CT molecular complexity index is 702. The van der Waals surface area contributed by atoms with Crippen LogP contribution >= 0.6 is 24.0 Å². The summed E-state index contributed by atoms with van der Waals surface area (Å²) in [5, 5.41) is 2.43. The zero-order valence-corrected chi connectivity index (χ0v) is 16.0. The van der Waals surface area contributed by atoms with Gasteiger partial charge in [0.05, 0.1) is 17.9 Å². The number of carbonyl (C=O) groups is 2. The van der Waals surface area contributed by atoms with E-state index in [1.807, 2.05) is 32.0 Å². The van der Waals surface area contributed by atoms with E-state index >= 15 is 0 Å². The second-order valence-electron chi connectivity index (χ2n) is 6.51. The highest BCUT2D eigenvalue weighted by atomic mass is 32.2. The molecular weight excluding hydrogens is 356 g/mol. The van der Waals surface area contributed by atoms with Crippen molar-refractivity contribution in [3.63, 3.8) is 0 Å². The van der Waals surface area contributed by atoms with Crippen molar-refractivity contribution in [2.24, 2.45) is 0 Å². The number of anilines is 1. The summed E-state index contributed by atoms with van der Waals surface area (Å²) in [5.74, 6) is -0.253. The second kappa shape index (κ2) is 7.85. The number of thiocarbonyl (C=S) groups is 1. The molecule has 5 nitrogen and oxygen atoms in total. The summed E-state index contributed by atoms with van der Waals surface area (Å²) in [6, 6.07) is 5.78. The van der Waals surface area contributed by atoms with Gasteiger partial charge in [-0.15, -0.1) is 0 Å². The fraction of sp³-hybridized carbons (Fsp3) is 0.500. The summed E-state index contributed by atoms with van der Waals surface area (Å²) in [4.78, 5) is 26.5. The Kier molecular flexibility index (Phi) is 5.76. The lowest BCUT2D eigenvalue weighted by Gasteiger charge is -2.19. The first-order valence-electron chi connectivity index (χ1n) is 8.45. The van der Waals surface area contributed by atoms with E-state index in [4.69, 9.17) is 17.0 Å². The molecule has 2 fully saturated rings. The number of thioether (sulfide) groups is 1. The van der Waals surface area contributed by atoms with E-state index in [0.29, 0.717) is 10.9 Å². The summed E-state index contributed by atoms with van der Waals surface area (Å²) >= 11 is 6.63. The molecule has 134 valence electrons. The van der Waals surface area contributed by atoms with Crippen molar-refractivity contribution in [1.82, 2.24) is 4.90 Å². The van der Waals surface area contributed by atoms with Crippen LogP contribution in [0.15, 0.2) is 18.2 Å². The van der Waals surface area contributed by atoms with Crippen LogP contribution in [0, 0.1) is 13.8 Å². The number of carbonyl (C=O) groups excluding carboxylic acids is 2. The monoisotopic (exact) mass is 378 g/mol. The molecule has 2 amide bonds. The van der Waals surface area contributed by atoms with Crippen molar-refractivity contribution in [3.05, 3.63) is 29.3 Å². The molecule has 2 saturated heterocycles. The minimum atomic E-state index is -0.444. The first-order chi connectivity index (χ1) is 11.9. The quantitative estimate of drug-likeness (QED) is 0.798. The van der Waals surface area contributed by atoms with Gasteiger partial charge in [0, 0.05) is 18.7 Å². The maximum absolute atomic E-state index is 12.6. The van der Waals surface area contributed by atoms with Crippen molar-refractivity contribution in [1.29, 1.82) is 0 Å². The van der Waals surface area contributed by atoms with Gasteiger partial charge >= 0.3 is 0 Å². The lowest BCUT2D eigenvalue weighted by molar-refractivity contribution is -0.129. The number of ether oxygens (including phenoxy) is 1. The third-order valence-corrected chi connectivity index (χ3v) is 6.16. The Hall–Kier alpha value is -1.44. The number of nitrogens with one attached hydrogen (secondary N) is 1. The van der Waals surface area contributed by atoms with Crippen LogP contribution in [0.1, 0.15) is 30.4 Å². The normalized spacial score (nSPS) is 23.4. The lowest BCUT2D eigenvalue weighted by atomic mass is 10.1. The molecule has 7 heteroatoms. The molecule has 1 N–H and O–H groups in total. The van der Waals surface area contributed by atoms with E-state index in [1.165, 1.54) is 17.3 Å². The number of amides is 2. The molecule has 0 saturated carbocycles.